The van der Waals surface area contributed by atoms with Crippen molar-refractivity contribution in [3.8, 4) is 11.5 Å². The fourth-order valence-electron chi connectivity index (χ4n) is 2.10. The zero-order valence-corrected chi connectivity index (χ0v) is 13.8. The van der Waals surface area contributed by atoms with Crippen LogP contribution in [-0.2, 0) is 0 Å². The van der Waals surface area contributed by atoms with E-state index in [-0.39, 0.29) is 5.25 Å². The van der Waals surface area contributed by atoms with Gasteiger partial charge in [0.15, 0.2) is 11.5 Å². The molecule has 0 fully saturated rings. The summed E-state index contributed by atoms with van der Waals surface area (Å²) in [6.45, 7) is 1.97. The quantitative estimate of drug-likeness (QED) is 0.839. The van der Waals surface area contributed by atoms with E-state index in [0.29, 0.717) is 19.8 Å². The molecule has 0 aliphatic carbocycles. The van der Waals surface area contributed by atoms with Gasteiger partial charge in [0.2, 0.25) is 0 Å². The van der Waals surface area contributed by atoms with Gasteiger partial charge >= 0.3 is 0 Å². The molecular formula is C15H16ClNO2S2. The first kappa shape index (κ1) is 15.0. The molecule has 0 spiro atoms. The lowest BCUT2D eigenvalue weighted by Crippen LogP contribution is -2.07. The fourth-order valence-corrected chi connectivity index (χ4v) is 4.39. The SMILES string of the molecule is NCC(Sc1ccc2c(c1)OCCCO2)c1ccc(Cl)s1. The molecule has 3 nitrogen and oxygen atoms in total. The summed E-state index contributed by atoms with van der Waals surface area (Å²) >= 11 is 9.32. The second-order valence-corrected chi connectivity index (χ2v) is 7.67. The van der Waals surface area contributed by atoms with Crippen LogP contribution in [0.3, 0.4) is 0 Å². The molecule has 0 amide bonds. The molecule has 0 radical (unpaired) electrons. The third kappa shape index (κ3) is 3.66. The molecule has 1 unspecified atom stereocenters. The topological polar surface area (TPSA) is 44.5 Å². The van der Waals surface area contributed by atoms with Crippen LogP contribution < -0.4 is 15.2 Å². The molecule has 1 atom stereocenters. The average Bonchev–Trinajstić information content (AvgIpc) is 2.79. The van der Waals surface area contributed by atoms with Crippen molar-refractivity contribution >= 4 is 34.7 Å². The molecule has 0 saturated carbocycles. The number of ether oxygens (including phenoxy) is 2. The minimum atomic E-state index is 0.201. The van der Waals surface area contributed by atoms with Crippen molar-refractivity contribution in [2.75, 3.05) is 19.8 Å². The van der Waals surface area contributed by atoms with E-state index in [2.05, 4.69) is 6.07 Å². The molecule has 2 N–H and O–H groups in total. The van der Waals surface area contributed by atoms with Crippen LogP contribution in [0.4, 0.5) is 0 Å². The lowest BCUT2D eigenvalue weighted by Gasteiger charge is -2.14. The maximum atomic E-state index is 6.01. The second kappa shape index (κ2) is 6.92. The van der Waals surface area contributed by atoms with Crippen LogP contribution in [0, 0.1) is 0 Å². The van der Waals surface area contributed by atoms with Crippen molar-refractivity contribution in [2.45, 2.75) is 16.6 Å². The Balaban J connectivity index is 1.79. The summed E-state index contributed by atoms with van der Waals surface area (Å²) in [5.41, 5.74) is 5.91. The van der Waals surface area contributed by atoms with Gasteiger partial charge in [0, 0.05) is 22.7 Å². The highest BCUT2D eigenvalue weighted by Crippen LogP contribution is 2.41. The molecule has 3 rings (SSSR count). The smallest absolute Gasteiger partial charge is 0.162 e. The Morgan fingerprint density at radius 2 is 2.00 bits per heavy atom. The summed E-state index contributed by atoms with van der Waals surface area (Å²) in [5.74, 6) is 1.64. The van der Waals surface area contributed by atoms with Crippen LogP contribution in [0.2, 0.25) is 4.34 Å². The third-order valence-electron chi connectivity index (χ3n) is 3.12. The zero-order valence-electron chi connectivity index (χ0n) is 11.4. The van der Waals surface area contributed by atoms with E-state index < -0.39 is 0 Å². The van der Waals surface area contributed by atoms with Crippen LogP contribution in [-0.4, -0.2) is 19.8 Å². The van der Waals surface area contributed by atoms with E-state index in [4.69, 9.17) is 26.8 Å². The van der Waals surface area contributed by atoms with Gasteiger partial charge in [-0.25, -0.2) is 0 Å². The van der Waals surface area contributed by atoms with Crippen molar-refractivity contribution in [3.63, 3.8) is 0 Å². The summed E-state index contributed by atoms with van der Waals surface area (Å²) in [6, 6.07) is 10.0. The largest absolute Gasteiger partial charge is 0.490 e. The Morgan fingerprint density at radius 3 is 2.71 bits per heavy atom. The standard InChI is InChI=1S/C15H16ClNO2S2/c16-15-5-4-13(21-15)14(9-17)20-10-2-3-11-12(8-10)19-7-1-6-18-11/h2-5,8,14H,1,6-7,9,17H2. The Morgan fingerprint density at radius 1 is 1.19 bits per heavy atom. The number of hydrogen-bond acceptors (Lipinski definition) is 5. The number of benzene rings is 1. The van der Waals surface area contributed by atoms with Crippen molar-refractivity contribution < 1.29 is 9.47 Å². The zero-order chi connectivity index (χ0) is 14.7. The number of fused-ring (bicyclic) bond motifs is 1. The van der Waals surface area contributed by atoms with Crippen LogP contribution in [0.15, 0.2) is 35.2 Å². The summed E-state index contributed by atoms with van der Waals surface area (Å²) < 4.78 is 12.2. The molecular weight excluding hydrogens is 326 g/mol. The van der Waals surface area contributed by atoms with E-state index in [0.717, 1.165) is 27.2 Å². The van der Waals surface area contributed by atoms with Gasteiger partial charge in [-0.1, -0.05) is 11.6 Å². The van der Waals surface area contributed by atoms with Crippen molar-refractivity contribution in [1.29, 1.82) is 0 Å². The Kier molecular flexibility index (Phi) is 4.95. The normalized spacial score (nSPS) is 15.5. The molecule has 1 aliphatic rings. The number of thioether (sulfide) groups is 1. The summed E-state index contributed by atoms with van der Waals surface area (Å²) in [7, 11) is 0. The number of thiophene rings is 1. The van der Waals surface area contributed by atoms with Gasteiger partial charge in [0.05, 0.1) is 22.8 Å². The summed E-state index contributed by atoms with van der Waals surface area (Å²) in [6.07, 6.45) is 0.913. The lowest BCUT2D eigenvalue weighted by atomic mass is 10.3. The molecule has 2 aromatic rings. The van der Waals surface area contributed by atoms with E-state index in [1.54, 1.807) is 23.1 Å². The van der Waals surface area contributed by atoms with Gasteiger partial charge in [-0.05, 0) is 30.3 Å². The van der Waals surface area contributed by atoms with Crippen molar-refractivity contribution in [1.82, 2.24) is 0 Å². The van der Waals surface area contributed by atoms with E-state index >= 15 is 0 Å². The molecule has 21 heavy (non-hydrogen) atoms. The highest BCUT2D eigenvalue weighted by molar-refractivity contribution is 7.99. The number of nitrogens with two attached hydrogens (primary N) is 1. The number of hydrogen-bond donors (Lipinski definition) is 1. The average molecular weight is 342 g/mol. The monoisotopic (exact) mass is 341 g/mol. The Hall–Kier alpha value is -0.880. The van der Waals surface area contributed by atoms with Crippen LogP contribution in [0.25, 0.3) is 0 Å². The van der Waals surface area contributed by atoms with Crippen LogP contribution in [0.1, 0.15) is 16.5 Å². The predicted molar refractivity (Wildman–Crippen MR) is 89.0 cm³/mol. The highest BCUT2D eigenvalue weighted by Gasteiger charge is 2.16. The van der Waals surface area contributed by atoms with E-state index in [9.17, 15) is 0 Å². The molecule has 2 heterocycles. The highest BCUT2D eigenvalue weighted by atomic mass is 35.5. The minimum absolute atomic E-state index is 0.201. The van der Waals surface area contributed by atoms with Crippen molar-refractivity contribution in [3.05, 3.63) is 39.5 Å². The van der Waals surface area contributed by atoms with Gasteiger partial charge in [-0.3, -0.25) is 0 Å². The first-order valence-corrected chi connectivity index (χ1v) is 8.85. The third-order valence-corrected chi connectivity index (χ3v) is 5.87. The minimum Gasteiger partial charge on any atom is -0.490 e. The molecule has 1 aliphatic heterocycles. The van der Waals surface area contributed by atoms with E-state index in [1.807, 2.05) is 24.3 Å². The number of halogens is 1. The van der Waals surface area contributed by atoms with Crippen LogP contribution in [0.5, 0.6) is 11.5 Å². The van der Waals surface area contributed by atoms with Gasteiger partial charge in [-0.15, -0.1) is 23.1 Å². The van der Waals surface area contributed by atoms with Gasteiger partial charge < -0.3 is 15.2 Å². The van der Waals surface area contributed by atoms with Gasteiger partial charge in [-0.2, -0.15) is 0 Å². The maximum Gasteiger partial charge on any atom is 0.162 e. The lowest BCUT2D eigenvalue weighted by molar-refractivity contribution is 0.297. The molecule has 112 valence electrons. The molecule has 6 heteroatoms. The first-order chi connectivity index (χ1) is 10.3. The molecule has 0 saturated heterocycles. The summed E-state index contributed by atoms with van der Waals surface area (Å²) in [5, 5.41) is 0.201. The Bertz CT molecular complexity index is 617. The first-order valence-electron chi connectivity index (χ1n) is 6.78. The van der Waals surface area contributed by atoms with Gasteiger partial charge in [0.1, 0.15) is 0 Å². The van der Waals surface area contributed by atoms with Crippen LogP contribution >= 0.6 is 34.7 Å². The van der Waals surface area contributed by atoms with E-state index in [1.165, 1.54) is 4.88 Å². The molecule has 1 aromatic heterocycles. The Labute approximate surface area is 137 Å². The molecule has 1 aromatic carbocycles. The van der Waals surface area contributed by atoms with Crippen molar-refractivity contribution in [2.24, 2.45) is 5.73 Å². The molecule has 0 bridgehead atoms. The second-order valence-electron chi connectivity index (χ2n) is 4.64. The predicted octanol–water partition coefficient (Wildman–Crippen LogP) is 4.35. The van der Waals surface area contributed by atoms with Gasteiger partial charge in [0.25, 0.3) is 0 Å². The summed E-state index contributed by atoms with van der Waals surface area (Å²) in [4.78, 5) is 2.32. The number of rotatable bonds is 4. The maximum absolute atomic E-state index is 6.01. The fraction of sp³-hybridized carbons (Fsp3) is 0.333.